The Labute approximate surface area is 147 Å². The van der Waals surface area contributed by atoms with Gasteiger partial charge >= 0.3 is 6.03 Å². The van der Waals surface area contributed by atoms with Gasteiger partial charge in [0.25, 0.3) is 0 Å². The minimum absolute atomic E-state index is 0.0428. The summed E-state index contributed by atoms with van der Waals surface area (Å²) in [6.45, 7) is 3.37. The number of urea groups is 1. The summed E-state index contributed by atoms with van der Waals surface area (Å²) >= 11 is 0. The highest BCUT2D eigenvalue weighted by Crippen LogP contribution is 2.39. The molecule has 4 aliphatic rings. The molecule has 1 saturated carbocycles. The number of hydrogen-bond donors (Lipinski definition) is 3. The molecule has 0 bridgehead atoms. The standard InChI is InChI=1S/C17H29FN4O3/c1-2-15-20-16(21-25-15)10-3-4-12-13(9-24-14(12)7-10)19-17(23)22-6-5-11(18)8-22/h10-16,20-21H,2-9H2,1H3,(H,19,23)/t10?,11-,12?,13-,14?,15?,16?/m1/s1. The van der Waals surface area contributed by atoms with E-state index in [1.54, 1.807) is 4.90 Å². The van der Waals surface area contributed by atoms with Crippen molar-refractivity contribution in [2.45, 2.75) is 69.7 Å². The molecule has 0 spiro atoms. The SMILES string of the molecule is CCC1NC(C2CCC3C(C2)OC[C@H]3NC(=O)N2CC[C@@H](F)C2)NO1. The van der Waals surface area contributed by atoms with Crippen LogP contribution in [0.5, 0.6) is 0 Å². The highest BCUT2D eigenvalue weighted by Gasteiger charge is 2.45. The Hall–Kier alpha value is -0.960. The third kappa shape index (κ3) is 3.63. The highest BCUT2D eigenvalue weighted by molar-refractivity contribution is 5.75. The quantitative estimate of drug-likeness (QED) is 0.706. The molecule has 4 rings (SSSR count). The normalized spacial score (nSPS) is 44.1. The average molecular weight is 356 g/mol. The fourth-order valence-electron chi connectivity index (χ4n) is 4.65. The number of rotatable bonds is 3. The first-order chi connectivity index (χ1) is 12.1. The molecule has 3 aliphatic heterocycles. The summed E-state index contributed by atoms with van der Waals surface area (Å²) in [6.07, 6.45) is 4.02. The highest BCUT2D eigenvalue weighted by atomic mass is 19.1. The summed E-state index contributed by atoms with van der Waals surface area (Å²) in [5, 5.41) is 6.55. The topological polar surface area (TPSA) is 74.9 Å². The van der Waals surface area contributed by atoms with Crippen molar-refractivity contribution < 1.29 is 18.8 Å². The fourth-order valence-corrected chi connectivity index (χ4v) is 4.65. The molecule has 3 heterocycles. The van der Waals surface area contributed by atoms with Gasteiger partial charge in [-0.05, 0) is 38.0 Å². The van der Waals surface area contributed by atoms with Gasteiger partial charge in [0.05, 0.1) is 31.5 Å². The molecule has 4 fully saturated rings. The van der Waals surface area contributed by atoms with Crippen molar-refractivity contribution in [3.8, 4) is 0 Å². The van der Waals surface area contributed by atoms with Crippen molar-refractivity contribution in [1.82, 2.24) is 21.0 Å². The molecule has 3 saturated heterocycles. The smallest absolute Gasteiger partial charge is 0.317 e. The molecule has 0 aromatic rings. The van der Waals surface area contributed by atoms with E-state index in [9.17, 15) is 9.18 Å². The number of nitrogens with zero attached hydrogens (tertiary/aromatic N) is 1. The third-order valence-corrected chi connectivity index (χ3v) is 6.16. The number of hydrogen-bond acceptors (Lipinski definition) is 5. The van der Waals surface area contributed by atoms with E-state index in [2.05, 4.69) is 23.0 Å². The van der Waals surface area contributed by atoms with Crippen LogP contribution in [-0.4, -0.2) is 61.3 Å². The van der Waals surface area contributed by atoms with Gasteiger partial charge in [-0.1, -0.05) is 6.92 Å². The molecule has 8 heteroatoms. The van der Waals surface area contributed by atoms with Crippen LogP contribution < -0.4 is 16.1 Å². The van der Waals surface area contributed by atoms with Gasteiger partial charge in [-0.25, -0.2) is 9.18 Å². The van der Waals surface area contributed by atoms with Gasteiger partial charge < -0.3 is 15.0 Å². The Balaban J connectivity index is 1.28. The maximum atomic E-state index is 13.3. The maximum Gasteiger partial charge on any atom is 0.317 e. The van der Waals surface area contributed by atoms with Crippen LogP contribution in [0.25, 0.3) is 0 Å². The average Bonchev–Trinajstić information content (AvgIpc) is 3.34. The van der Waals surface area contributed by atoms with Crippen LogP contribution in [0.4, 0.5) is 9.18 Å². The largest absolute Gasteiger partial charge is 0.376 e. The maximum absolute atomic E-state index is 13.3. The van der Waals surface area contributed by atoms with E-state index in [4.69, 9.17) is 9.57 Å². The summed E-state index contributed by atoms with van der Waals surface area (Å²) in [6, 6.07) is -0.101. The Morgan fingerprint density at radius 1 is 1.36 bits per heavy atom. The van der Waals surface area contributed by atoms with Crippen LogP contribution in [-0.2, 0) is 9.57 Å². The third-order valence-electron chi connectivity index (χ3n) is 6.16. The predicted molar refractivity (Wildman–Crippen MR) is 89.2 cm³/mol. The molecular formula is C17H29FN4O3. The Morgan fingerprint density at radius 3 is 2.96 bits per heavy atom. The molecule has 25 heavy (non-hydrogen) atoms. The second kappa shape index (κ2) is 7.34. The van der Waals surface area contributed by atoms with Gasteiger partial charge in [0.1, 0.15) is 12.4 Å². The number of halogens is 1. The Morgan fingerprint density at radius 2 is 2.24 bits per heavy atom. The molecule has 0 radical (unpaired) electrons. The van der Waals surface area contributed by atoms with Gasteiger partial charge in [0.2, 0.25) is 0 Å². The number of carbonyl (C=O) groups is 1. The zero-order valence-electron chi connectivity index (χ0n) is 14.7. The van der Waals surface area contributed by atoms with Crippen LogP contribution in [0.3, 0.4) is 0 Å². The van der Waals surface area contributed by atoms with Crippen LogP contribution in [0.2, 0.25) is 0 Å². The summed E-state index contributed by atoms with van der Waals surface area (Å²) < 4.78 is 19.3. The van der Waals surface area contributed by atoms with Crippen molar-refractivity contribution in [2.75, 3.05) is 19.7 Å². The van der Waals surface area contributed by atoms with E-state index in [-0.39, 0.29) is 37.1 Å². The van der Waals surface area contributed by atoms with Crippen LogP contribution in [0, 0.1) is 11.8 Å². The first kappa shape index (κ1) is 17.5. The van der Waals surface area contributed by atoms with Crippen molar-refractivity contribution in [3.63, 3.8) is 0 Å². The fraction of sp³-hybridized carbons (Fsp3) is 0.941. The minimum Gasteiger partial charge on any atom is -0.376 e. The summed E-state index contributed by atoms with van der Waals surface area (Å²) in [7, 11) is 0. The van der Waals surface area contributed by atoms with E-state index < -0.39 is 6.17 Å². The number of hydroxylamine groups is 1. The summed E-state index contributed by atoms with van der Waals surface area (Å²) in [4.78, 5) is 19.4. The zero-order chi connectivity index (χ0) is 17.4. The van der Waals surface area contributed by atoms with Gasteiger partial charge in [-0.15, -0.1) is 0 Å². The number of ether oxygens (including phenoxy) is 1. The number of carbonyl (C=O) groups excluding carboxylic acids is 1. The zero-order valence-corrected chi connectivity index (χ0v) is 14.7. The number of likely N-dealkylation sites (tertiary alicyclic amines) is 1. The number of amides is 2. The molecular weight excluding hydrogens is 327 g/mol. The lowest BCUT2D eigenvalue weighted by atomic mass is 9.77. The second-order valence-electron chi connectivity index (χ2n) is 7.77. The van der Waals surface area contributed by atoms with Crippen LogP contribution >= 0.6 is 0 Å². The van der Waals surface area contributed by atoms with Crippen LogP contribution in [0.15, 0.2) is 0 Å². The molecule has 3 N–H and O–H groups in total. The number of fused-ring (bicyclic) bond motifs is 1. The lowest BCUT2D eigenvalue weighted by Gasteiger charge is -2.35. The Kier molecular flexibility index (Phi) is 5.13. The van der Waals surface area contributed by atoms with Crippen LogP contribution in [0.1, 0.15) is 39.0 Å². The van der Waals surface area contributed by atoms with E-state index in [0.29, 0.717) is 31.4 Å². The van der Waals surface area contributed by atoms with Gasteiger partial charge in [-0.3, -0.25) is 10.2 Å². The van der Waals surface area contributed by atoms with E-state index in [1.807, 2.05) is 0 Å². The molecule has 1 aliphatic carbocycles. The predicted octanol–water partition coefficient (Wildman–Crippen LogP) is 1.11. The van der Waals surface area contributed by atoms with Crippen molar-refractivity contribution in [1.29, 1.82) is 0 Å². The first-order valence-electron chi connectivity index (χ1n) is 9.62. The van der Waals surface area contributed by atoms with Gasteiger partial charge in [0.15, 0.2) is 0 Å². The Bertz CT molecular complexity index is 497. The number of nitrogens with one attached hydrogen (secondary N) is 3. The van der Waals surface area contributed by atoms with E-state index >= 15 is 0 Å². The summed E-state index contributed by atoms with van der Waals surface area (Å²) in [5.74, 6) is 0.825. The lowest BCUT2D eigenvalue weighted by molar-refractivity contribution is 0.00265. The van der Waals surface area contributed by atoms with Gasteiger partial charge in [0, 0.05) is 12.5 Å². The molecule has 0 aromatic carbocycles. The first-order valence-corrected chi connectivity index (χ1v) is 9.62. The molecule has 7 nitrogen and oxygen atoms in total. The lowest BCUT2D eigenvalue weighted by Crippen LogP contribution is -2.49. The number of alkyl halides is 1. The summed E-state index contributed by atoms with van der Waals surface area (Å²) in [5.41, 5.74) is 3.11. The van der Waals surface area contributed by atoms with E-state index in [0.717, 1.165) is 25.7 Å². The van der Waals surface area contributed by atoms with Crippen molar-refractivity contribution >= 4 is 6.03 Å². The second-order valence-corrected chi connectivity index (χ2v) is 7.77. The minimum atomic E-state index is -0.880. The molecule has 142 valence electrons. The molecule has 7 atom stereocenters. The van der Waals surface area contributed by atoms with E-state index in [1.165, 1.54) is 0 Å². The monoisotopic (exact) mass is 356 g/mol. The molecule has 5 unspecified atom stereocenters. The van der Waals surface area contributed by atoms with Crippen molar-refractivity contribution in [3.05, 3.63) is 0 Å². The van der Waals surface area contributed by atoms with Crippen molar-refractivity contribution in [2.24, 2.45) is 11.8 Å². The van der Waals surface area contributed by atoms with Gasteiger partial charge in [-0.2, -0.15) is 5.48 Å². The molecule has 0 aromatic heterocycles. The molecule has 2 amide bonds.